The number of pyridine rings is 2. The zero-order valence-electron chi connectivity index (χ0n) is 31.6. The molecule has 0 atom stereocenters. The first kappa shape index (κ1) is 34.1. The molecule has 8 fully saturated rings. The van der Waals surface area contributed by atoms with E-state index in [1.807, 2.05) is 12.4 Å². The van der Waals surface area contributed by atoms with Crippen LogP contribution in [0.3, 0.4) is 0 Å². The van der Waals surface area contributed by atoms with Crippen LogP contribution in [0.25, 0.3) is 22.3 Å². The van der Waals surface area contributed by atoms with Crippen LogP contribution in [-0.4, -0.2) is 21.3 Å². The molecule has 8 bridgehead atoms. The van der Waals surface area contributed by atoms with Gasteiger partial charge in [0.25, 0.3) is 0 Å². The minimum absolute atomic E-state index is 0.156. The molecule has 274 valence electrons. The van der Waals surface area contributed by atoms with Crippen molar-refractivity contribution < 1.29 is 0 Å². The van der Waals surface area contributed by atoms with Gasteiger partial charge in [-0.3, -0.25) is 9.97 Å². The van der Waals surface area contributed by atoms with Crippen LogP contribution in [0.5, 0.6) is 0 Å². The molecule has 0 amide bonds. The predicted molar refractivity (Wildman–Crippen MR) is 228 cm³/mol. The first-order chi connectivity index (χ1) is 26.7. The third kappa shape index (κ3) is 6.33. The molecule has 0 saturated heterocycles. The minimum Gasteiger partial charge on any atom is -0.256 e. The van der Waals surface area contributed by atoms with Gasteiger partial charge in [-0.15, -0.1) is 0 Å². The second kappa shape index (κ2) is 14.4. The van der Waals surface area contributed by atoms with E-state index in [-0.39, 0.29) is 7.92 Å². The molecule has 0 aliphatic heterocycles. The van der Waals surface area contributed by atoms with E-state index in [2.05, 4.69) is 109 Å². The summed E-state index contributed by atoms with van der Waals surface area (Å²) in [5.74, 6) is 8.09. The maximum absolute atomic E-state index is 5.03. The maximum Gasteiger partial charge on any atom is 0.0695 e. The van der Waals surface area contributed by atoms with Gasteiger partial charge in [0, 0.05) is 26.5 Å². The fourth-order valence-electron chi connectivity index (χ4n) is 13.7. The average Bonchev–Trinajstić information content (AvgIpc) is 3.20. The van der Waals surface area contributed by atoms with Gasteiger partial charge in [0.1, 0.15) is 0 Å². The van der Waals surface area contributed by atoms with E-state index in [1.165, 1.54) is 39.3 Å². The lowest BCUT2D eigenvalue weighted by Crippen LogP contribution is -2.52. The van der Waals surface area contributed by atoms with Crippen molar-refractivity contribution in [3.63, 3.8) is 0 Å². The predicted octanol–water partition coefficient (Wildman–Crippen LogP) is 12.1. The molecule has 0 unspecified atom stereocenters. The zero-order valence-corrected chi connectivity index (χ0v) is 33.4. The fraction of sp³-hybridized carbons (Fsp3) is 0.440. The number of rotatable bonds is 10. The van der Waals surface area contributed by atoms with Crippen molar-refractivity contribution in [3.8, 4) is 22.3 Å². The summed E-state index contributed by atoms with van der Waals surface area (Å²) in [6, 6.07) is 40.9. The van der Waals surface area contributed by atoms with E-state index < -0.39 is 7.92 Å². The molecule has 54 heavy (non-hydrogen) atoms. The lowest BCUT2D eigenvalue weighted by molar-refractivity contribution is 0.0129. The van der Waals surface area contributed by atoms with Gasteiger partial charge < -0.3 is 0 Å². The van der Waals surface area contributed by atoms with Crippen molar-refractivity contribution in [2.75, 3.05) is 0 Å². The Morgan fingerprint density at radius 1 is 0.426 bits per heavy atom. The Morgan fingerprint density at radius 3 is 1.20 bits per heavy atom. The molecule has 8 saturated carbocycles. The first-order valence-electron chi connectivity index (χ1n) is 21.3. The molecule has 2 nitrogen and oxygen atoms in total. The Kier molecular flexibility index (Phi) is 9.09. The smallest absolute Gasteiger partial charge is 0.0695 e. The van der Waals surface area contributed by atoms with E-state index in [4.69, 9.17) is 9.97 Å². The van der Waals surface area contributed by atoms with Gasteiger partial charge in [-0.05, 0) is 199 Å². The third-order valence-corrected chi connectivity index (χ3v) is 21.4. The molecule has 0 radical (unpaired) electrons. The van der Waals surface area contributed by atoms with E-state index in [1.54, 1.807) is 75.3 Å². The fourth-order valence-corrected chi connectivity index (χ4v) is 20.4. The maximum atomic E-state index is 5.03. The lowest BCUT2D eigenvalue weighted by atomic mass is 9.55. The first-order valence-corrected chi connectivity index (χ1v) is 24.5. The Hall–Kier alpha value is -3.18. The summed E-state index contributed by atoms with van der Waals surface area (Å²) in [7, 11) is -0.933. The highest BCUT2D eigenvalue weighted by Gasteiger charge is 2.56. The van der Waals surface area contributed by atoms with Crippen molar-refractivity contribution in [3.05, 3.63) is 133 Å². The number of nitrogens with zero attached hydrogens (tertiary/aromatic N) is 2. The summed E-state index contributed by atoms with van der Waals surface area (Å²) in [6.07, 6.45) is 21.7. The van der Waals surface area contributed by atoms with Crippen LogP contribution in [0.1, 0.15) is 75.3 Å². The Labute approximate surface area is 325 Å². The Morgan fingerprint density at radius 2 is 0.815 bits per heavy atom. The second-order valence-electron chi connectivity index (χ2n) is 18.4. The van der Waals surface area contributed by atoms with Crippen molar-refractivity contribution in [1.82, 2.24) is 9.97 Å². The van der Waals surface area contributed by atoms with Crippen LogP contribution >= 0.6 is 15.8 Å². The molecule has 4 heteroatoms. The molecular formula is C50H54N2P2. The summed E-state index contributed by atoms with van der Waals surface area (Å²) >= 11 is 0. The van der Waals surface area contributed by atoms with Crippen LogP contribution in [0.15, 0.2) is 122 Å². The molecule has 8 aliphatic carbocycles. The summed E-state index contributed by atoms with van der Waals surface area (Å²) in [5, 5.41) is 0. The highest BCUT2D eigenvalue weighted by Crippen LogP contribution is 2.72. The standard InChI is InChI=1S/C50H54N2P2/c1-3-11-37(12-4-1)45-29-43(31-53(47-15-7-9-17-51-47)48-16-8-10-18-52-48)44(30-46(45)38-13-5-2-6-14-38)32-54(49-39-21-33-19-34(23-39)24-40(49)22-33)50-41-25-35-20-36(27-41)28-42(50)26-35/h1-18,29-30,33-36,39-42,49-50H,19-28,31-32H2. The molecule has 0 spiro atoms. The normalized spacial score (nSPS) is 32.3. The Bertz CT molecular complexity index is 1930. The van der Waals surface area contributed by atoms with Crippen LogP contribution in [-0.2, 0) is 12.3 Å². The second-order valence-corrected chi connectivity index (χ2v) is 23.0. The summed E-state index contributed by atoms with van der Waals surface area (Å²) < 4.78 is 0. The Balaban J connectivity index is 1.08. The summed E-state index contributed by atoms with van der Waals surface area (Å²) in [5.41, 5.74) is 13.0. The molecule has 3 aromatic carbocycles. The average molecular weight is 745 g/mol. The topological polar surface area (TPSA) is 25.8 Å². The highest BCUT2D eigenvalue weighted by molar-refractivity contribution is 7.71. The van der Waals surface area contributed by atoms with Crippen molar-refractivity contribution >= 4 is 26.7 Å². The number of hydrogen-bond donors (Lipinski definition) is 0. The van der Waals surface area contributed by atoms with Gasteiger partial charge >= 0.3 is 0 Å². The SMILES string of the molecule is c1ccc(-c2cc(CP(c3ccccn3)c3ccccn3)c(CP(C3C4CC5CC(C4)CC3C5)C3C4CC5CC(C4)CC3C5)cc2-c2ccccc2)cc1. The number of hydrogen-bond acceptors (Lipinski definition) is 2. The van der Waals surface area contributed by atoms with Crippen molar-refractivity contribution in [1.29, 1.82) is 0 Å². The highest BCUT2D eigenvalue weighted by atomic mass is 31.1. The minimum atomic E-state index is -0.777. The molecule has 2 heterocycles. The van der Waals surface area contributed by atoms with E-state index in [9.17, 15) is 0 Å². The zero-order chi connectivity index (χ0) is 35.6. The van der Waals surface area contributed by atoms with Gasteiger partial charge in [0.2, 0.25) is 0 Å². The van der Waals surface area contributed by atoms with Gasteiger partial charge in [-0.2, -0.15) is 0 Å². The van der Waals surface area contributed by atoms with E-state index >= 15 is 0 Å². The molecule has 2 aromatic heterocycles. The molecule has 5 aromatic rings. The largest absolute Gasteiger partial charge is 0.256 e. The van der Waals surface area contributed by atoms with Crippen LogP contribution in [0.2, 0.25) is 0 Å². The monoisotopic (exact) mass is 744 g/mol. The van der Waals surface area contributed by atoms with Crippen LogP contribution < -0.4 is 10.9 Å². The van der Waals surface area contributed by atoms with E-state index in [0.29, 0.717) is 0 Å². The third-order valence-electron chi connectivity index (χ3n) is 15.2. The number of aromatic nitrogens is 2. The van der Waals surface area contributed by atoms with Crippen LogP contribution in [0.4, 0.5) is 0 Å². The quantitative estimate of drug-likeness (QED) is 0.133. The summed E-state index contributed by atoms with van der Waals surface area (Å²) in [6.45, 7) is 0. The molecule has 13 rings (SSSR count). The van der Waals surface area contributed by atoms with Gasteiger partial charge in [-0.25, -0.2) is 0 Å². The summed E-state index contributed by atoms with van der Waals surface area (Å²) in [4.78, 5) is 10.1. The molecule has 0 N–H and O–H groups in total. The van der Waals surface area contributed by atoms with Crippen LogP contribution in [0, 0.1) is 47.3 Å². The van der Waals surface area contributed by atoms with Crippen molar-refractivity contribution in [2.24, 2.45) is 47.3 Å². The van der Waals surface area contributed by atoms with E-state index in [0.717, 1.165) is 64.8 Å². The van der Waals surface area contributed by atoms with Gasteiger partial charge in [-0.1, -0.05) is 80.7 Å². The number of benzene rings is 3. The molecular weight excluding hydrogens is 691 g/mol. The van der Waals surface area contributed by atoms with Gasteiger partial charge in [0.05, 0.1) is 10.9 Å². The lowest BCUT2D eigenvalue weighted by Gasteiger charge is -2.62. The van der Waals surface area contributed by atoms with Gasteiger partial charge in [0.15, 0.2) is 0 Å². The molecule has 8 aliphatic rings. The van der Waals surface area contributed by atoms with Crippen molar-refractivity contribution in [2.45, 2.75) is 87.9 Å².